The van der Waals surface area contributed by atoms with E-state index in [9.17, 15) is 4.79 Å². The van der Waals surface area contributed by atoms with Crippen LogP contribution in [0.4, 0.5) is 0 Å². The van der Waals surface area contributed by atoms with E-state index in [2.05, 4.69) is 17.0 Å². The van der Waals surface area contributed by atoms with Crippen LogP contribution in [0.5, 0.6) is 0 Å². The van der Waals surface area contributed by atoms with Crippen molar-refractivity contribution in [1.29, 1.82) is 0 Å². The van der Waals surface area contributed by atoms with Crippen LogP contribution in [0.15, 0.2) is 16.9 Å². The number of hydrogen-bond acceptors (Lipinski definition) is 2. The molecular formula is C14H19N3O. The van der Waals surface area contributed by atoms with E-state index >= 15 is 0 Å². The topological polar surface area (TPSA) is 50.2 Å². The molecule has 4 heteroatoms. The molecule has 0 spiro atoms. The second-order valence-corrected chi connectivity index (χ2v) is 5.23. The van der Waals surface area contributed by atoms with Crippen LogP contribution in [-0.4, -0.2) is 14.6 Å². The maximum atomic E-state index is 12.1. The molecule has 4 nitrogen and oxygen atoms in total. The summed E-state index contributed by atoms with van der Waals surface area (Å²) in [7, 11) is 0. The third-order valence-electron chi connectivity index (χ3n) is 3.82. The van der Waals surface area contributed by atoms with E-state index in [1.807, 2.05) is 6.07 Å². The predicted octanol–water partition coefficient (Wildman–Crippen LogP) is 2.63. The molecule has 1 aliphatic carbocycles. The largest absolute Gasteiger partial charge is 0.294 e. The van der Waals surface area contributed by atoms with Gasteiger partial charge < -0.3 is 0 Å². The third kappa shape index (κ3) is 1.96. The second kappa shape index (κ2) is 4.59. The summed E-state index contributed by atoms with van der Waals surface area (Å²) in [5.41, 5.74) is 2.86. The average Bonchev–Trinajstić information content (AvgIpc) is 2.97. The van der Waals surface area contributed by atoms with E-state index in [1.54, 1.807) is 10.6 Å². The van der Waals surface area contributed by atoms with Crippen LogP contribution < -0.4 is 5.56 Å². The molecule has 0 amide bonds. The highest BCUT2D eigenvalue weighted by atomic mass is 16.1. The Bertz CT molecular complexity index is 605. The lowest BCUT2D eigenvalue weighted by atomic mass is 10.0. The molecule has 2 heterocycles. The lowest BCUT2D eigenvalue weighted by Gasteiger charge is -2.07. The second-order valence-electron chi connectivity index (χ2n) is 5.23. The Balaban J connectivity index is 2.05. The van der Waals surface area contributed by atoms with Crippen LogP contribution in [0.3, 0.4) is 0 Å². The third-order valence-corrected chi connectivity index (χ3v) is 3.82. The van der Waals surface area contributed by atoms with Gasteiger partial charge in [0.2, 0.25) is 0 Å². The number of nitrogens with zero attached hydrogens (tertiary/aromatic N) is 2. The maximum Gasteiger partial charge on any atom is 0.272 e. The minimum Gasteiger partial charge on any atom is -0.294 e. The Labute approximate surface area is 106 Å². The highest BCUT2D eigenvalue weighted by Gasteiger charge is 2.19. The molecule has 1 aliphatic rings. The number of H-pyrrole nitrogens is 1. The predicted molar refractivity (Wildman–Crippen MR) is 71.0 cm³/mol. The summed E-state index contributed by atoms with van der Waals surface area (Å²) in [6.07, 6.45) is 6.90. The number of fused-ring (bicyclic) bond motifs is 1. The van der Waals surface area contributed by atoms with Crippen molar-refractivity contribution < 1.29 is 0 Å². The summed E-state index contributed by atoms with van der Waals surface area (Å²) in [6.45, 7) is 2.13. The molecule has 1 N–H and O–H groups in total. The van der Waals surface area contributed by atoms with Crippen molar-refractivity contribution in [2.75, 3.05) is 0 Å². The normalized spacial score (nSPS) is 16.7. The maximum absolute atomic E-state index is 12.1. The van der Waals surface area contributed by atoms with Crippen molar-refractivity contribution in [1.82, 2.24) is 14.6 Å². The highest BCUT2D eigenvalue weighted by molar-refractivity contribution is 5.40. The van der Waals surface area contributed by atoms with E-state index in [-0.39, 0.29) is 5.56 Å². The molecule has 18 heavy (non-hydrogen) atoms. The fourth-order valence-electron chi connectivity index (χ4n) is 2.89. The molecule has 0 unspecified atom stereocenters. The molecule has 0 bridgehead atoms. The molecule has 2 aromatic rings. The van der Waals surface area contributed by atoms with Crippen LogP contribution in [0.1, 0.15) is 56.3 Å². The van der Waals surface area contributed by atoms with Gasteiger partial charge in [-0.15, -0.1) is 0 Å². The van der Waals surface area contributed by atoms with E-state index in [0.717, 1.165) is 29.9 Å². The van der Waals surface area contributed by atoms with Gasteiger partial charge in [-0.3, -0.25) is 9.89 Å². The first kappa shape index (κ1) is 11.5. The van der Waals surface area contributed by atoms with E-state index in [1.165, 1.54) is 25.7 Å². The summed E-state index contributed by atoms with van der Waals surface area (Å²) in [4.78, 5) is 16.7. The zero-order valence-corrected chi connectivity index (χ0v) is 10.8. The number of nitrogens with one attached hydrogen (secondary N) is 1. The SMILES string of the molecule is CCCc1cc2nc(C3CCCC3)cc(=O)n2[nH]1. The molecule has 3 rings (SSSR count). The van der Waals surface area contributed by atoms with Gasteiger partial charge in [-0.05, 0) is 19.3 Å². The van der Waals surface area contributed by atoms with Crippen LogP contribution in [-0.2, 0) is 6.42 Å². The van der Waals surface area contributed by atoms with Crippen molar-refractivity contribution in [2.45, 2.75) is 51.4 Å². The molecule has 2 aromatic heterocycles. The number of rotatable bonds is 3. The Kier molecular flexibility index (Phi) is 2.94. The Morgan fingerprint density at radius 3 is 2.89 bits per heavy atom. The summed E-state index contributed by atoms with van der Waals surface area (Å²) >= 11 is 0. The summed E-state index contributed by atoms with van der Waals surface area (Å²) < 4.78 is 1.56. The summed E-state index contributed by atoms with van der Waals surface area (Å²) in [6, 6.07) is 3.71. The van der Waals surface area contributed by atoms with Gasteiger partial charge in [-0.1, -0.05) is 26.2 Å². The number of hydrogen-bond donors (Lipinski definition) is 1. The number of aromatic nitrogens is 3. The molecular weight excluding hydrogens is 226 g/mol. The van der Waals surface area contributed by atoms with Crippen LogP contribution in [0, 0.1) is 0 Å². The molecule has 96 valence electrons. The number of aryl methyl sites for hydroxylation is 1. The standard InChI is InChI=1S/C14H19N3O/c1-2-5-11-8-13-15-12(10-6-3-4-7-10)9-14(18)17(13)16-11/h8-10,16H,2-7H2,1H3. The zero-order valence-electron chi connectivity index (χ0n) is 10.8. The molecule has 0 atom stereocenters. The van der Waals surface area contributed by atoms with Gasteiger partial charge in [0.25, 0.3) is 5.56 Å². The lowest BCUT2D eigenvalue weighted by molar-refractivity contribution is 0.690. The fraction of sp³-hybridized carbons (Fsp3) is 0.571. The average molecular weight is 245 g/mol. The van der Waals surface area contributed by atoms with Crippen LogP contribution >= 0.6 is 0 Å². The molecule has 0 saturated heterocycles. The quantitative estimate of drug-likeness (QED) is 0.903. The highest BCUT2D eigenvalue weighted by Crippen LogP contribution is 2.32. The Hall–Kier alpha value is -1.58. The fourth-order valence-corrected chi connectivity index (χ4v) is 2.89. The van der Waals surface area contributed by atoms with Gasteiger partial charge in [0.1, 0.15) is 0 Å². The first-order valence-electron chi connectivity index (χ1n) is 6.89. The monoisotopic (exact) mass is 245 g/mol. The first-order valence-corrected chi connectivity index (χ1v) is 6.89. The minimum atomic E-state index is 0.0178. The van der Waals surface area contributed by atoms with Gasteiger partial charge in [0.15, 0.2) is 5.65 Å². The Morgan fingerprint density at radius 1 is 1.39 bits per heavy atom. The van der Waals surface area contributed by atoms with E-state index < -0.39 is 0 Å². The minimum absolute atomic E-state index is 0.0178. The van der Waals surface area contributed by atoms with Gasteiger partial charge in [0.05, 0.1) is 5.69 Å². The van der Waals surface area contributed by atoms with Crippen molar-refractivity contribution in [3.8, 4) is 0 Å². The van der Waals surface area contributed by atoms with Gasteiger partial charge in [0, 0.05) is 23.7 Å². The van der Waals surface area contributed by atoms with E-state index in [4.69, 9.17) is 0 Å². The van der Waals surface area contributed by atoms with Crippen molar-refractivity contribution >= 4 is 5.65 Å². The van der Waals surface area contributed by atoms with Crippen LogP contribution in [0.25, 0.3) is 5.65 Å². The number of aromatic amines is 1. The first-order chi connectivity index (χ1) is 8.78. The van der Waals surface area contributed by atoms with Crippen molar-refractivity contribution in [2.24, 2.45) is 0 Å². The lowest BCUT2D eigenvalue weighted by Crippen LogP contribution is -2.16. The van der Waals surface area contributed by atoms with Crippen LogP contribution in [0.2, 0.25) is 0 Å². The Morgan fingerprint density at radius 2 is 2.17 bits per heavy atom. The summed E-state index contributed by atoms with van der Waals surface area (Å²) in [5.74, 6) is 0.493. The molecule has 0 aromatic carbocycles. The van der Waals surface area contributed by atoms with Gasteiger partial charge in [-0.25, -0.2) is 9.50 Å². The summed E-state index contributed by atoms with van der Waals surface area (Å²) in [5, 5.41) is 3.12. The van der Waals surface area contributed by atoms with Gasteiger partial charge >= 0.3 is 0 Å². The zero-order chi connectivity index (χ0) is 12.5. The van der Waals surface area contributed by atoms with Crippen molar-refractivity contribution in [3.63, 3.8) is 0 Å². The molecule has 1 saturated carbocycles. The molecule has 1 fully saturated rings. The van der Waals surface area contributed by atoms with Gasteiger partial charge in [-0.2, -0.15) is 0 Å². The molecule has 0 aliphatic heterocycles. The van der Waals surface area contributed by atoms with E-state index in [0.29, 0.717) is 5.92 Å². The molecule has 0 radical (unpaired) electrons. The van der Waals surface area contributed by atoms with Crippen molar-refractivity contribution in [3.05, 3.63) is 33.9 Å². The smallest absolute Gasteiger partial charge is 0.272 e.